The Hall–Kier alpha value is -1.86. The van der Waals surface area contributed by atoms with E-state index in [9.17, 15) is 9.90 Å². The number of aromatic nitrogens is 1. The summed E-state index contributed by atoms with van der Waals surface area (Å²) in [6.45, 7) is 6.13. The van der Waals surface area contributed by atoms with Gasteiger partial charge in [-0.1, -0.05) is 0 Å². The number of hydrogen-bond donors (Lipinski definition) is 3. The predicted molar refractivity (Wildman–Crippen MR) is 85.0 cm³/mol. The van der Waals surface area contributed by atoms with Crippen LogP contribution in [0.15, 0.2) is 22.8 Å². The third-order valence-corrected chi connectivity index (χ3v) is 4.42. The van der Waals surface area contributed by atoms with Crippen LogP contribution in [0.2, 0.25) is 0 Å². The summed E-state index contributed by atoms with van der Waals surface area (Å²) in [7, 11) is 0. The Bertz CT molecular complexity index is 620. The molecule has 2 heterocycles. The molecule has 0 aromatic carbocycles. The van der Waals surface area contributed by atoms with Gasteiger partial charge in [-0.25, -0.2) is 9.78 Å². The number of aliphatic hydroxyl groups is 1. The second-order valence-electron chi connectivity index (χ2n) is 5.35. The maximum absolute atomic E-state index is 11.8. The van der Waals surface area contributed by atoms with Gasteiger partial charge in [0, 0.05) is 17.8 Å². The Kier molecular flexibility index (Phi) is 5.20. The molecule has 0 aliphatic carbocycles. The molecular formula is C15H21N3O3S. The van der Waals surface area contributed by atoms with E-state index in [0.717, 1.165) is 17.1 Å². The fourth-order valence-electron chi connectivity index (χ4n) is 2.08. The molecule has 2 aromatic heterocycles. The Morgan fingerprint density at radius 3 is 2.82 bits per heavy atom. The molecule has 1 unspecified atom stereocenters. The molecule has 0 saturated carbocycles. The molecule has 0 bridgehead atoms. The second-order valence-corrected chi connectivity index (χ2v) is 6.64. The molecule has 0 saturated heterocycles. The highest BCUT2D eigenvalue weighted by Crippen LogP contribution is 2.19. The van der Waals surface area contributed by atoms with Crippen molar-refractivity contribution in [3.8, 4) is 0 Å². The lowest BCUT2D eigenvalue weighted by atomic mass is 10.0. The second kappa shape index (κ2) is 6.93. The van der Waals surface area contributed by atoms with Gasteiger partial charge in [-0.05, 0) is 32.9 Å². The third kappa shape index (κ3) is 4.32. The van der Waals surface area contributed by atoms with Gasteiger partial charge < -0.3 is 20.2 Å². The lowest BCUT2D eigenvalue weighted by molar-refractivity contribution is 0.0367. The summed E-state index contributed by atoms with van der Waals surface area (Å²) in [5, 5.41) is 16.7. The molecule has 22 heavy (non-hydrogen) atoms. The van der Waals surface area contributed by atoms with Crippen molar-refractivity contribution >= 4 is 17.4 Å². The van der Waals surface area contributed by atoms with E-state index in [2.05, 4.69) is 15.6 Å². The monoisotopic (exact) mass is 323 g/mol. The number of rotatable bonds is 6. The quantitative estimate of drug-likeness (QED) is 0.760. The zero-order valence-corrected chi connectivity index (χ0v) is 13.8. The van der Waals surface area contributed by atoms with Crippen LogP contribution in [-0.2, 0) is 12.0 Å². The summed E-state index contributed by atoms with van der Waals surface area (Å²) < 4.78 is 5.16. The minimum absolute atomic E-state index is 0.0744. The number of furan rings is 1. The number of urea groups is 1. The number of nitrogens with one attached hydrogen (secondary N) is 2. The van der Waals surface area contributed by atoms with Gasteiger partial charge in [0.15, 0.2) is 0 Å². The maximum atomic E-state index is 11.8. The fourth-order valence-corrected chi connectivity index (χ4v) is 3.02. The van der Waals surface area contributed by atoms with Gasteiger partial charge in [-0.15, -0.1) is 11.3 Å². The average molecular weight is 323 g/mol. The van der Waals surface area contributed by atoms with Crippen LogP contribution < -0.4 is 10.6 Å². The van der Waals surface area contributed by atoms with Gasteiger partial charge in [0.25, 0.3) is 0 Å². The van der Waals surface area contributed by atoms with Crippen molar-refractivity contribution in [3.63, 3.8) is 0 Å². The summed E-state index contributed by atoms with van der Waals surface area (Å²) in [4.78, 5) is 17.3. The molecule has 0 spiro atoms. The van der Waals surface area contributed by atoms with Crippen LogP contribution in [0.3, 0.4) is 0 Å². The number of carbonyl (C=O) groups excluding carboxylic acids is 1. The van der Waals surface area contributed by atoms with Gasteiger partial charge in [0.05, 0.1) is 23.5 Å². The average Bonchev–Trinajstić information content (AvgIpc) is 3.07. The Balaban J connectivity index is 1.73. The lowest BCUT2D eigenvalue weighted by Crippen LogP contribution is -2.43. The van der Waals surface area contributed by atoms with Crippen molar-refractivity contribution in [1.82, 2.24) is 15.6 Å². The first-order chi connectivity index (χ1) is 10.4. The van der Waals surface area contributed by atoms with E-state index in [1.165, 1.54) is 11.1 Å². The van der Waals surface area contributed by atoms with E-state index in [1.54, 1.807) is 30.4 Å². The van der Waals surface area contributed by atoms with Crippen LogP contribution in [0.5, 0.6) is 0 Å². The van der Waals surface area contributed by atoms with Crippen molar-refractivity contribution in [3.05, 3.63) is 39.7 Å². The minimum atomic E-state index is -1.23. The van der Waals surface area contributed by atoms with Crippen molar-refractivity contribution in [2.45, 2.75) is 32.8 Å². The third-order valence-electron chi connectivity index (χ3n) is 3.28. The van der Waals surface area contributed by atoms with Gasteiger partial charge in [-0.3, -0.25) is 0 Å². The predicted octanol–water partition coefficient (Wildman–Crippen LogP) is 2.10. The standard InChI is InChI=1S/C15H21N3O3S/c1-10-12(22-11(2)18-10)6-7-16-14(19)17-9-15(3,20)13-5-4-8-21-13/h4-5,8,20H,6-7,9H2,1-3H3,(H2,16,17,19). The number of aryl methyl sites for hydroxylation is 2. The fraction of sp³-hybridized carbons (Fsp3) is 0.467. The molecule has 0 aliphatic rings. The highest BCUT2D eigenvalue weighted by atomic mass is 32.1. The van der Waals surface area contributed by atoms with Crippen LogP contribution in [0.1, 0.15) is 28.3 Å². The van der Waals surface area contributed by atoms with Gasteiger partial charge in [-0.2, -0.15) is 0 Å². The van der Waals surface area contributed by atoms with E-state index in [0.29, 0.717) is 12.3 Å². The summed E-state index contributed by atoms with van der Waals surface area (Å²) in [6, 6.07) is 3.06. The Labute approximate surface area is 133 Å². The highest BCUT2D eigenvalue weighted by Gasteiger charge is 2.26. The zero-order chi connectivity index (χ0) is 16.2. The topological polar surface area (TPSA) is 87.4 Å². The van der Waals surface area contributed by atoms with Crippen LogP contribution in [-0.4, -0.2) is 29.2 Å². The number of carbonyl (C=O) groups is 1. The van der Waals surface area contributed by atoms with Crippen molar-refractivity contribution in [2.24, 2.45) is 0 Å². The molecule has 120 valence electrons. The van der Waals surface area contributed by atoms with Gasteiger partial charge in [0.1, 0.15) is 11.4 Å². The first-order valence-electron chi connectivity index (χ1n) is 7.09. The first-order valence-corrected chi connectivity index (χ1v) is 7.91. The smallest absolute Gasteiger partial charge is 0.314 e. The Morgan fingerprint density at radius 2 is 2.23 bits per heavy atom. The number of amides is 2. The summed E-state index contributed by atoms with van der Waals surface area (Å²) >= 11 is 1.65. The van der Waals surface area contributed by atoms with E-state index < -0.39 is 5.60 Å². The van der Waals surface area contributed by atoms with Crippen molar-refractivity contribution < 1.29 is 14.3 Å². The van der Waals surface area contributed by atoms with Crippen LogP contribution in [0, 0.1) is 13.8 Å². The first kappa shape index (κ1) is 16.5. The molecule has 0 fully saturated rings. The number of thiazole rings is 1. The minimum Gasteiger partial charge on any atom is -0.466 e. The van der Waals surface area contributed by atoms with Gasteiger partial charge in [0.2, 0.25) is 0 Å². The summed E-state index contributed by atoms with van der Waals surface area (Å²) in [6.07, 6.45) is 2.24. The lowest BCUT2D eigenvalue weighted by Gasteiger charge is -2.21. The Morgan fingerprint density at radius 1 is 1.45 bits per heavy atom. The largest absolute Gasteiger partial charge is 0.466 e. The van der Waals surface area contributed by atoms with Crippen LogP contribution >= 0.6 is 11.3 Å². The van der Waals surface area contributed by atoms with E-state index in [1.807, 2.05) is 13.8 Å². The maximum Gasteiger partial charge on any atom is 0.314 e. The summed E-state index contributed by atoms with van der Waals surface area (Å²) in [5.41, 5.74) is -0.211. The molecule has 2 rings (SSSR count). The van der Waals surface area contributed by atoms with E-state index >= 15 is 0 Å². The summed E-state index contributed by atoms with van der Waals surface area (Å²) in [5.74, 6) is 0.420. The molecule has 6 nitrogen and oxygen atoms in total. The number of nitrogens with zero attached hydrogens (tertiary/aromatic N) is 1. The SMILES string of the molecule is Cc1nc(C)c(CCNC(=O)NCC(C)(O)c2ccco2)s1. The zero-order valence-electron chi connectivity index (χ0n) is 13.0. The van der Waals surface area contributed by atoms with Crippen LogP contribution in [0.25, 0.3) is 0 Å². The molecular weight excluding hydrogens is 302 g/mol. The molecule has 0 radical (unpaired) electrons. The molecule has 7 heteroatoms. The molecule has 2 amide bonds. The molecule has 3 N–H and O–H groups in total. The molecule has 0 aliphatic heterocycles. The van der Waals surface area contributed by atoms with Gasteiger partial charge >= 0.3 is 6.03 Å². The van der Waals surface area contributed by atoms with E-state index in [4.69, 9.17) is 4.42 Å². The van der Waals surface area contributed by atoms with Crippen LogP contribution in [0.4, 0.5) is 4.79 Å². The van der Waals surface area contributed by atoms with Crippen molar-refractivity contribution in [1.29, 1.82) is 0 Å². The van der Waals surface area contributed by atoms with E-state index in [-0.39, 0.29) is 12.6 Å². The van der Waals surface area contributed by atoms with Crippen molar-refractivity contribution in [2.75, 3.05) is 13.1 Å². The highest BCUT2D eigenvalue weighted by molar-refractivity contribution is 7.11. The normalized spacial score (nSPS) is 13.6. The number of hydrogen-bond acceptors (Lipinski definition) is 5. The molecule has 2 aromatic rings. The molecule has 1 atom stereocenters.